The molecule has 0 fully saturated rings. The first-order valence-electron chi connectivity index (χ1n) is 12.5. The van der Waals surface area contributed by atoms with Crippen LogP contribution in [0.25, 0.3) is 55.7 Å². The molecule has 0 aliphatic heterocycles. The van der Waals surface area contributed by atoms with Gasteiger partial charge in [0, 0.05) is 41.5 Å². The Labute approximate surface area is 236 Å². The highest BCUT2D eigenvalue weighted by molar-refractivity contribution is 6.00. The summed E-state index contributed by atoms with van der Waals surface area (Å²) in [7, 11) is 2.95. The number of phenols is 4. The maximum atomic E-state index is 13.2. The fourth-order valence-electron chi connectivity index (χ4n) is 4.88. The molecule has 0 radical (unpaired) electrons. The molecule has 2 aromatic heterocycles. The predicted molar refractivity (Wildman–Crippen MR) is 155 cm³/mol. The highest BCUT2D eigenvalue weighted by Gasteiger charge is 2.22. The number of hydrogen-bond donors (Lipinski definition) is 4. The number of phenolic OH excluding ortho intramolecular Hbond substituents is 4. The first-order chi connectivity index (χ1) is 20.2. The molecule has 6 rings (SSSR count). The quantitative estimate of drug-likeness (QED) is 0.203. The molecule has 2 heterocycles. The van der Waals surface area contributed by atoms with E-state index in [9.17, 15) is 30.0 Å². The molecular weight excluding hydrogens is 544 g/mol. The molecular formula is C32H22O10. The van der Waals surface area contributed by atoms with Gasteiger partial charge in [-0.2, -0.15) is 0 Å². The number of aromatic hydroxyl groups is 4. The summed E-state index contributed by atoms with van der Waals surface area (Å²) < 4.78 is 22.7. The van der Waals surface area contributed by atoms with Crippen molar-refractivity contribution in [3.63, 3.8) is 0 Å². The second-order valence-electron chi connectivity index (χ2n) is 9.46. The molecule has 10 nitrogen and oxygen atoms in total. The molecule has 0 aliphatic carbocycles. The van der Waals surface area contributed by atoms with Gasteiger partial charge in [-0.1, -0.05) is 0 Å². The number of ether oxygens (including phenoxy) is 2. The number of rotatable bonds is 5. The van der Waals surface area contributed by atoms with E-state index in [4.69, 9.17) is 18.3 Å². The monoisotopic (exact) mass is 566 g/mol. The van der Waals surface area contributed by atoms with E-state index in [0.717, 1.165) is 12.1 Å². The molecule has 6 aromatic rings. The van der Waals surface area contributed by atoms with Gasteiger partial charge in [0.15, 0.2) is 16.4 Å². The third-order valence-corrected chi connectivity index (χ3v) is 6.85. The van der Waals surface area contributed by atoms with Crippen molar-refractivity contribution in [1.29, 1.82) is 0 Å². The van der Waals surface area contributed by atoms with E-state index in [-0.39, 0.29) is 50.5 Å². The van der Waals surface area contributed by atoms with Crippen molar-refractivity contribution in [3.05, 3.63) is 93.2 Å². The third-order valence-electron chi connectivity index (χ3n) is 6.85. The van der Waals surface area contributed by atoms with E-state index in [1.807, 2.05) is 0 Å². The van der Waals surface area contributed by atoms with Crippen molar-refractivity contribution in [2.45, 2.75) is 0 Å². The predicted octanol–water partition coefficient (Wildman–Crippen LogP) is 5.74. The SMILES string of the molecule is COc1ccc(-c2cc(=O)c3c(O)cc(O)c(-c4cc(OC)cc(-c5cc(=O)c6c(O)cc(O)cc6o5)c4)c3o2)cc1. The molecule has 0 unspecified atom stereocenters. The van der Waals surface area contributed by atoms with Crippen LogP contribution in [0, 0.1) is 0 Å². The molecule has 42 heavy (non-hydrogen) atoms. The molecule has 0 bridgehead atoms. The summed E-state index contributed by atoms with van der Waals surface area (Å²) in [5.74, 6) is -0.417. The fraction of sp³-hybridized carbons (Fsp3) is 0.0625. The molecule has 0 amide bonds. The normalized spacial score (nSPS) is 11.2. The summed E-state index contributed by atoms with van der Waals surface area (Å²) in [6.45, 7) is 0. The Bertz CT molecular complexity index is 2140. The van der Waals surface area contributed by atoms with E-state index in [2.05, 4.69) is 0 Å². The van der Waals surface area contributed by atoms with Crippen molar-refractivity contribution in [3.8, 4) is 68.3 Å². The molecule has 0 saturated carbocycles. The molecule has 0 saturated heterocycles. The molecule has 4 aromatic carbocycles. The summed E-state index contributed by atoms with van der Waals surface area (Å²) in [6.07, 6.45) is 0. The minimum Gasteiger partial charge on any atom is -0.508 e. The van der Waals surface area contributed by atoms with Crippen molar-refractivity contribution < 1.29 is 38.7 Å². The average Bonchev–Trinajstić information content (AvgIpc) is 2.96. The minimum atomic E-state index is -0.554. The first kappa shape index (κ1) is 26.3. The number of fused-ring (bicyclic) bond motifs is 2. The highest BCUT2D eigenvalue weighted by atomic mass is 16.5. The minimum absolute atomic E-state index is 0.0487. The second-order valence-corrected chi connectivity index (χ2v) is 9.46. The van der Waals surface area contributed by atoms with Crippen molar-refractivity contribution >= 4 is 21.9 Å². The Morgan fingerprint density at radius 2 is 1.19 bits per heavy atom. The summed E-state index contributed by atoms with van der Waals surface area (Å²) >= 11 is 0. The van der Waals surface area contributed by atoms with Crippen LogP contribution in [0.1, 0.15) is 0 Å². The van der Waals surface area contributed by atoms with Crippen molar-refractivity contribution in [1.82, 2.24) is 0 Å². The Morgan fingerprint density at radius 3 is 1.88 bits per heavy atom. The summed E-state index contributed by atoms with van der Waals surface area (Å²) in [4.78, 5) is 26.1. The van der Waals surface area contributed by atoms with E-state index >= 15 is 0 Å². The summed E-state index contributed by atoms with van der Waals surface area (Å²) in [5, 5.41) is 41.4. The lowest BCUT2D eigenvalue weighted by Gasteiger charge is -2.14. The van der Waals surface area contributed by atoms with Crippen LogP contribution in [0.15, 0.2) is 91.2 Å². The van der Waals surface area contributed by atoms with E-state index in [1.165, 1.54) is 32.4 Å². The Hall–Kier alpha value is -5.90. The van der Waals surface area contributed by atoms with E-state index in [1.54, 1.807) is 42.5 Å². The number of methoxy groups -OCH3 is 2. The number of hydrogen-bond acceptors (Lipinski definition) is 10. The van der Waals surface area contributed by atoms with Crippen molar-refractivity contribution in [2.24, 2.45) is 0 Å². The fourth-order valence-corrected chi connectivity index (χ4v) is 4.88. The first-order valence-corrected chi connectivity index (χ1v) is 12.5. The summed E-state index contributed by atoms with van der Waals surface area (Å²) in [6, 6.07) is 17.2. The van der Waals surface area contributed by atoms with Gasteiger partial charge in [-0.15, -0.1) is 0 Å². The maximum absolute atomic E-state index is 13.2. The molecule has 0 spiro atoms. The van der Waals surface area contributed by atoms with Gasteiger partial charge >= 0.3 is 0 Å². The van der Waals surface area contributed by atoms with Gasteiger partial charge in [0.1, 0.15) is 62.4 Å². The van der Waals surface area contributed by atoms with Gasteiger partial charge in [-0.3, -0.25) is 9.59 Å². The average molecular weight is 567 g/mol. The van der Waals surface area contributed by atoms with Gasteiger partial charge in [0.2, 0.25) is 0 Å². The molecule has 0 aliphatic rings. The van der Waals surface area contributed by atoms with Crippen LogP contribution in [-0.2, 0) is 0 Å². The zero-order valence-corrected chi connectivity index (χ0v) is 22.2. The lowest BCUT2D eigenvalue weighted by Crippen LogP contribution is -2.02. The highest BCUT2D eigenvalue weighted by Crippen LogP contribution is 2.43. The van der Waals surface area contributed by atoms with Crippen LogP contribution in [0.4, 0.5) is 0 Å². The summed E-state index contributed by atoms with van der Waals surface area (Å²) in [5.41, 5.74) is 0.0505. The molecule has 0 atom stereocenters. The largest absolute Gasteiger partial charge is 0.508 e. The van der Waals surface area contributed by atoms with Crippen molar-refractivity contribution in [2.75, 3.05) is 14.2 Å². The van der Waals surface area contributed by atoms with Crippen LogP contribution in [0.3, 0.4) is 0 Å². The zero-order valence-electron chi connectivity index (χ0n) is 22.2. The van der Waals surface area contributed by atoms with Gasteiger partial charge in [-0.25, -0.2) is 0 Å². The van der Waals surface area contributed by atoms with Gasteiger partial charge < -0.3 is 38.7 Å². The maximum Gasteiger partial charge on any atom is 0.197 e. The van der Waals surface area contributed by atoms with Gasteiger partial charge in [0.05, 0.1) is 19.8 Å². The third kappa shape index (κ3) is 4.40. The zero-order chi connectivity index (χ0) is 29.7. The van der Waals surface area contributed by atoms with Gasteiger partial charge in [0.25, 0.3) is 0 Å². The number of benzene rings is 4. The second kappa shape index (κ2) is 9.93. The lowest BCUT2D eigenvalue weighted by atomic mass is 9.97. The van der Waals surface area contributed by atoms with Crippen LogP contribution in [0.2, 0.25) is 0 Å². The Morgan fingerprint density at radius 1 is 0.571 bits per heavy atom. The van der Waals surface area contributed by atoms with E-state index in [0.29, 0.717) is 28.2 Å². The van der Waals surface area contributed by atoms with Crippen LogP contribution >= 0.6 is 0 Å². The van der Waals surface area contributed by atoms with Crippen LogP contribution in [0.5, 0.6) is 34.5 Å². The van der Waals surface area contributed by atoms with Crippen LogP contribution < -0.4 is 20.3 Å². The van der Waals surface area contributed by atoms with E-state index < -0.39 is 22.4 Å². The van der Waals surface area contributed by atoms with Crippen LogP contribution in [-0.4, -0.2) is 34.6 Å². The standard InChI is InChI=1S/C32H22O10/c1-39-19-5-3-15(4-6-19)26-14-25(38)31-23(36)12-22(35)29(32(31)42-26)17-7-16(8-20(9-17)40-2)27-13-24(37)30-21(34)10-18(33)11-28(30)41-27/h3-14,33-36H,1-2H3. The topological polar surface area (TPSA) is 160 Å². The Balaban J connectivity index is 1.61. The molecule has 4 N–H and O–H groups in total. The smallest absolute Gasteiger partial charge is 0.197 e. The Kier molecular flexibility index (Phi) is 6.23. The molecule has 210 valence electrons. The molecule has 10 heteroatoms. The lowest BCUT2D eigenvalue weighted by molar-refractivity contribution is 0.415. The van der Waals surface area contributed by atoms with Gasteiger partial charge in [-0.05, 0) is 48.0 Å².